The highest BCUT2D eigenvalue weighted by Gasteiger charge is 2.24. The predicted molar refractivity (Wildman–Crippen MR) is 118 cm³/mol. The van der Waals surface area contributed by atoms with Gasteiger partial charge in [0.25, 0.3) is 5.91 Å². The third-order valence-corrected chi connectivity index (χ3v) is 5.92. The average Bonchev–Trinajstić information content (AvgIpc) is 2.75. The molecule has 0 spiro atoms. The SMILES string of the molecule is Cc1ccc(-c2ccc(Cc3cc4c(c(Cl)c3C)OCCCN(C)C4=O)cn2)cn1. The average molecular weight is 422 g/mol. The fourth-order valence-electron chi connectivity index (χ4n) is 3.58. The van der Waals surface area contributed by atoms with Gasteiger partial charge in [-0.1, -0.05) is 17.7 Å². The summed E-state index contributed by atoms with van der Waals surface area (Å²) in [5.74, 6) is 0.433. The lowest BCUT2D eigenvalue weighted by Crippen LogP contribution is -2.31. The first-order valence-electron chi connectivity index (χ1n) is 10.0. The second-order valence-corrected chi connectivity index (χ2v) is 8.07. The summed E-state index contributed by atoms with van der Waals surface area (Å²) in [6, 6.07) is 9.96. The maximum absolute atomic E-state index is 12.9. The summed E-state index contributed by atoms with van der Waals surface area (Å²) in [6.07, 6.45) is 5.12. The van der Waals surface area contributed by atoms with Crippen LogP contribution in [0.5, 0.6) is 5.75 Å². The van der Waals surface area contributed by atoms with Crippen LogP contribution >= 0.6 is 11.6 Å². The van der Waals surface area contributed by atoms with E-state index < -0.39 is 0 Å². The van der Waals surface area contributed by atoms with E-state index in [1.807, 2.05) is 57.6 Å². The fourth-order valence-corrected chi connectivity index (χ4v) is 3.86. The Bertz CT molecular complexity index is 1080. The lowest BCUT2D eigenvalue weighted by Gasteiger charge is -2.25. The van der Waals surface area contributed by atoms with Gasteiger partial charge in [0.05, 0.1) is 22.9 Å². The minimum Gasteiger partial charge on any atom is -0.491 e. The molecule has 3 heterocycles. The number of ether oxygens (including phenoxy) is 1. The topological polar surface area (TPSA) is 55.3 Å². The first-order chi connectivity index (χ1) is 14.4. The van der Waals surface area contributed by atoms with E-state index in [1.54, 1.807) is 4.90 Å². The van der Waals surface area contributed by atoms with Gasteiger partial charge in [0.2, 0.25) is 0 Å². The van der Waals surface area contributed by atoms with Crippen LogP contribution in [0.2, 0.25) is 5.02 Å². The number of carbonyl (C=O) groups excluding carboxylic acids is 1. The molecule has 0 bridgehead atoms. The molecule has 0 saturated heterocycles. The minimum atomic E-state index is -0.0619. The summed E-state index contributed by atoms with van der Waals surface area (Å²) in [4.78, 5) is 23.5. The lowest BCUT2D eigenvalue weighted by atomic mass is 9.97. The van der Waals surface area contributed by atoms with Crippen LogP contribution in [0, 0.1) is 13.8 Å². The standard InChI is InChI=1S/C24H24ClN3O2/c1-15-5-7-18(14-26-15)21-8-6-17(13-27-21)11-19-12-20-23(22(25)16(19)2)30-10-4-9-28(3)24(20)29/h5-8,12-14H,4,9-11H2,1-3H3. The van der Waals surface area contributed by atoms with Crippen LogP contribution in [0.3, 0.4) is 0 Å². The first-order valence-corrected chi connectivity index (χ1v) is 10.4. The number of fused-ring (bicyclic) bond motifs is 1. The van der Waals surface area contributed by atoms with Gasteiger partial charge in [-0.3, -0.25) is 14.8 Å². The summed E-state index contributed by atoms with van der Waals surface area (Å²) in [5.41, 5.74) is 6.34. The number of aromatic nitrogens is 2. The van der Waals surface area contributed by atoms with Crippen LogP contribution in [-0.4, -0.2) is 41.0 Å². The zero-order valence-corrected chi connectivity index (χ0v) is 18.2. The zero-order valence-electron chi connectivity index (χ0n) is 17.4. The van der Waals surface area contributed by atoms with Crippen molar-refractivity contribution in [3.63, 3.8) is 0 Å². The van der Waals surface area contributed by atoms with Gasteiger partial charge in [0.15, 0.2) is 5.75 Å². The van der Waals surface area contributed by atoms with Gasteiger partial charge in [0, 0.05) is 37.2 Å². The Labute approximate surface area is 181 Å². The number of benzene rings is 1. The third-order valence-electron chi connectivity index (χ3n) is 5.46. The van der Waals surface area contributed by atoms with Crippen molar-refractivity contribution < 1.29 is 9.53 Å². The molecule has 0 aliphatic carbocycles. The Hall–Kier alpha value is -2.92. The highest BCUT2D eigenvalue weighted by Crippen LogP contribution is 2.36. The van der Waals surface area contributed by atoms with Crippen molar-refractivity contribution in [1.29, 1.82) is 0 Å². The van der Waals surface area contributed by atoms with Crippen LogP contribution in [0.1, 0.15) is 39.2 Å². The Morgan fingerprint density at radius 2 is 1.97 bits per heavy atom. The Balaban J connectivity index is 1.64. The van der Waals surface area contributed by atoms with Crippen molar-refractivity contribution in [1.82, 2.24) is 14.9 Å². The molecule has 1 aliphatic heterocycles. The van der Waals surface area contributed by atoms with Gasteiger partial charge >= 0.3 is 0 Å². The third kappa shape index (κ3) is 4.03. The summed E-state index contributed by atoms with van der Waals surface area (Å²) < 4.78 is 5.84. The molecule has 1 aliphatic rings. The fraction of sp³-hybridized carbons (Fsp3) is 0.292. The number of amides is 1. The molecule has 1 aromatic carbocycles. The Kier molecular flexibility index (Phi) is 5.73. The molecule has 0 saturated carbocycles. The van der Waals surface area contributed by atoms with Crippen molar-refractivity contribution in [3.8, 4) is 17.0 Å². The lowest BCUT2D eigenvalue weighted by molar-refractivity contribution is 0.0768. The molecule has 5 nitrogen and oxygen atoms in total. The maximum atomic E-state index is 12.9. The van der Waals surface area contributed by atoms with Gasteiger partial charge in [-0.25, -0.2) is 0 Å². The summed E-state index contributed by atoms with van der Waals surface area (Å²) in [5, 5.41) is 0.515. The molecule has 3 aromatic rings. The minimum absolute atomic E-state index is 0.0619. The number of pyridine rings is 2. The smallest absolute Gasteiger partial charge is 0.257 e. The summed E-state index contributed by atoms with van der Waals surface area (Å²) in [7, 11) is 1.81. The molecule has 0 radical (unpaired) electrons. The van der Waals surface area contributed by atoms with E-state index >= 15 is 0 Å². The van der Waals surface area contributed by atoms with Gasteiger partial charge < -0.3 is 9.64 Å². The molecular weight excluding hydrogens is 398 g/mol. The molecule has 4 rings (SSSR count). The quantitative estimate of drug-likeness (QED) is 0.606. The van der Waals surface area contributed by atoms with E-state index in [0.717, 1.165) is 40.1 Å². The second-order valence-electron chi connectivity index (χ2n) is 7.70. The molecular formula is C24H24ClN3O2. The van der Waals surface area contributed by atoms with E-state index in [1.165, 1.54) is 0 Å². The normalized spacial score (nSPS) is 14.0. The van der Waals surface area contributed by atoms with E-state index in [0.29, 0.717) is 35.9 Å². The molecule has 0 fully saturated rings. The zero-order chi connectivity index (χ0) is 21.3. The summed E-state index contributed by atoms with van der Waals surface area (Å²) >= 11 is 6.62. The van der Waals surface area contributed by atoms with Crippen molar-refractivity contribution in [2.24, 2.45) is 0 Å². The number of hydrogen-bond donors (Lipinski definition) is 0. The number of rotatable bonds is 3. The van der Waals surface area contributed by atoms with Crippen LogP contribution in [-0.2, 0) is 6.42 Å². The van der Waals surface area contributed by atoms with Gasteiger partial charge in [-0.15, -0.1) is 0 Å². The molecule has 6 heteroatoms. The molecule has 30 heavy (non-hydrogen) atoms. The van der Waals surface area contributed by atoms with E-state index in [-0.39, 0.29) is 5.91 Å². The first kappa shape index (κ1) is 20.4. The van der Waals surface area contributed by atoms with Crippen molar-refractivity contribution in [2.75, 3.05) is 20.2 Å². The second kappa shape index (κ2) is 8.44. The van der Waals surface area contributed by atoms with Crippen molar-refractivity contribution in [2.45, 2.75) is 26.7 Å². The summed E-state index contributed by atoms with van der Waals surface area (Å²) in [6.45, 7) is 5.14. The van der Waals surface area contributed by atoms with Crippen LogP contribution < -0.4 is 4.74 Å². The highest BCUT2D eigenvalue weighted by atomic mass is 35.5. The number of nitrogens with zero attached hydrogens (tertiary/aromatic N) is 3. The van der Waals surface area contributed by atoms with Gasteiger partial charge in [-0.2, -0.15) is 0 Å². The van der Waals surface area contributed by atoms with Crippen LogP contribution in [0.15, 0.2) is 42.7 Å². The monoisotopic (exact) mass is 421 g/mol. The highest BCUT2D eigenvalue weighted by molar-refractivity contribution is 6.33. The molecule has 0 unspecified atom stereocenters. The Morgan fingerprint density at radius 3 is 2.67 bits per heavy atom. The van der Waals surface area contributed by atoms with E-state index in [2.05, 4.69) is 16.0 Å². The van der Waals surface area contributed by atoms with Gasteiger partial charge in [-0.05, 0) is 67.6 Å². The van der Waals surface area contributed by atoms with E-state index in [4.69, 9.17) is 16.3 Å². The van der Waals surface area contributed by atoms with Crippen molar-refractivity contribution >= 4 is 17.5 Å². The number of carbonyl (C=O) groups is 1. The van der Waals surface area contributed by atoms with E-state index in [9.17, 15) is 4.79 Å². The van der Waals surface area contributed by atoms with Crippen LogP contribution in [0.25, 0.3) is 11.3 Å². The molecule has 2 aromatic heterocycles. The molecule has 0 N–H and O–H groups in total. The predicted octanol–water partition coefficient (Wildman–Crippen LogP) is 4.86. The molecule has 1 amide bonds. The van der Waals surface area contributed by atoms with Crippen molar-refractivity contribution in [3.05, 3.63) is 75.7 Å². The number of aryl methyl sites for hydroxylation is 1. The molecule has 0 atom stereocenters. The van der Waals surface area contributed by atoms with Crippen LogP contribution in [0.4, 0.5) is 0 Å². The maximum Gasteiger partial charge on any atom is 0.257 e. The van der Waals surface area contributed by atoms with Gasteiger partial charge in [0.1, 0.15) is 0 Å². The largest absolute Gasteiger partial charge is 0.491 e. The Morgan fingerprint density at radius 1 is 1.13 bits per heavy atom. The number of halogens is 1. The molecule has 154 valence electrons. The number of hydrogen-bond acceptors (Lipinski definition) is 4.